The summed E-state index contributed by atoms with van der Waals surface area (Å²) in [5.74, 6) is 0.0615. The second kappa shape index (κ2) is 5.72. The largest absolute Gasteiger partial charge is 0.365 e. The molecule has 0 saturated heterocycles. The van der Waals surface area contributed by atoms with Crippen molar-refractivity contribution in [3.8, 4) is 0 Å². The molecule has 4 nitrogen and oxygen atoms in total. The molecule has 1 aliphatic heterocycles. The van der Waals surface area contributed by atoms with E-state index in [9.17, 15) is 8.42 Å². The zero-order valence-corrected chi connectivity index (χ0v) is 9.33. The summed E-state index contributed by atoms with van der Waals surface area (Å²) in [7, 11) is -3.30. The van der Waals surface area contributed by atoms with E-state index in [0.717, 1.165) is 18.5 Å². The predicted octanol–water partition coefficient (Wildman–Crippen LogP) is 1.00. The van der Waals surface area contributed by atoms with Crippen molar-refractivity contribution >= 4 is 10.0 Å². The number of allylic oxidation sites excluding steroid dienone is 5. The molecule has 0 aromatic rings. The van der Waals surface area contributed by atoms with Crippen molar-refractivity contribution in [1.29, 1.82) is 0 Å². The van der Waals surface area contributed by atoms with Crippen LogP contribution in [0.25, 0.3) is 0 Å². The van der Waals surface area contributed by atoms with Gasteiger partial charge in [-0.1, -0.05) is 12.2 Å². The van der Waals surface area contributed by atoms with Gasteiger partial charge in [0.05, 0.1) is 5.75 Å². The Morgan fingerprint density at radius 1 is 1.20 bits per heavy atom. The van der Waals surface area contributed by atoms with Crippen LogP contribution in [0.15, 0.2) is 36.2 Å². The van der Waals surface area contributed by atoms with Gasteiger partial charge in [0.2, 0.25) is 10.0 Å². The third-order valence-electron chi connectivity index (χ3n) is 2.01. The lowest BCUT2D eigenvalue weighted by Crippen LogP contribution is -2.16. The summed E-state index contributed by atoms with van der Waals surface area (Å²) in [4.78, 5) is 0. The van der Waals surface area contributed by atoms with Gasteiger partial charge in [0.15, 0.2) is 0 Å². The highest BCUT2D eigenvalue weighted by molar-refractivity contribution is 7.89. The summed E-state index contributed by atoms with van der Waals surface area (Å²) in [6.45, 7) is 0. The van der Waals surface area contributed by atoms with Crippen LogP contribution in [-0.4, -0.2) is 14.2 Å². The molecular formula is C10H16N2O2S. The van der Waals surface area contributed by atoms with Crippen LogP contribution in [0.3, 0.4) is 0 Å². The number of rotatable bonds is 5. The molecule has 5 heteroatoms. The van der Waals surface area contributed by atoms with Crippen LogP contribution in [-0.2, 0) is 10.0 Å². The van der Waals surface area contributed by atoms with Crippen LogP contribution in [0.4, 0.5) is 0 Å². The lowest BCUT2D eigenvalue weighted by atomic mass is 10.2. The third kappa shape index (κ3) is 6.09. The fourth-order valence-corrected chi connectivity index (χ4v) is 1.88. The van der Waals surface area contributed by atoms with Gasteiger partial charge < -0.3 is 5.32 Å². The van der Waals surface area contributed by atoms with Gasteiger partial charge in [0.25, 0.3) is 0 Å². The van der Waals surface area contributed by atoms with Crippen molar-refractivity contribution in [1.82, 2.24) is 5.32 Å². The molecule has 1 heterocycles. The van der Waals surface area contributed by atoms with Gasteiger partial charge in [-0.15, -0.1) is 0 Å². The normalized spacial score (nSPS) is 15.7. The highest BCUT2D eigenvalue weighted by Gasteiger charge is 2.02. The number of sulfonamides is 1. The minimum Gasteiger partial charge on any atom is -0.365 e. The maximum absolute atomic E-state index is 10.7. The van der Waals surface area contributed by atoms with Crippen molar-refractivity contribution in [3.63, 3.8) is 0 Å². The van der Waals surface area contributed by atoms with Crippen molar-refractivity contribution in [2.45, 2.75) is 19.3 Å². The molecule has 0 saturated carbocycles. The average Bonchev–Trinajstić information content (AvgIpc) is 2.39. The Balaban J connectivity index is 2.23. The topological polar surface area (TPSA) is 72.2 Å². The van der Waals surface area contributed by atoms with Crippen LogP contribution < -0.4 is 10.5 Å². The average molecular weight is 228 g/mol. The van der Waals surface area contributed by atoms with Crippen molar-refractivity contribution < 1.29 is 8.42 Å². The first-order valence-corrected chi connectivity index (χ1v) is 6.59. The van der Waals surface area contributed by atoms with E-state index in [4.69, 9.17) is 5.14 Å². The van der Waals surface area contributed by atoms with E-state index in [1.54, 1.807) is 0 Å². The molecule has 0 aromatic carbocycles. The van der Waals surface area contributed by atoms with Gasteiger partial charge in [0.1, 0.15) is 0 Å². The number of nitrogens with two attached hydrogens (primary N) is 1. The predicted molar refractivity (Wildman–Crippen MR) is 61.3 cm³/mol. The minimum atomic E-state index is -3.30. The second-order valence-corrected chi connectivity index (χ2v) is 5.14. The maximum atomic E-state index is 10.7. The summed E-state index contributed by atoms with van der Waals surface area (Å²) in [6.07, 6.45) is 11.9. The molecule has 0 unspecified atom stereocenters. The minimum absolute atomic E-state index is 0.0615. The van der Waals surface area contributed by atoms with Gasteiger partial charge in [-0.3, -0.25) is 0 Å². The van der Waals surface area contributed by atoms with Crippen LogP contribution in [0, 0.1) is 0 Å². The molecule has 0 spiro atoms. The Labute approximate surface area is 90.6 Å². The zero-order chi connectivity index (χ0) is 11.1. The lowest BCUT2D eigenvalue weighted by molar-refractivity contribution is 0.592. The zero-order valence-electron chi connectivity index (χ0n) is 8.52. The first-order valence-electron chi connectivity index (χ1n) is 4.87. The second-order valence-electron chi connectivity index (χ2n) is 3.40. The van der Waals surface area contributed by atoms with Crippen LogP contribution in [0.5, 0.6) is 0 Å². The quantitative estimate of drug-likeness (QED) is 0.690. The molecule has 0 bridgehead atoms. The Bertz CT molecular complexity index is 380. The molecule has 0 atom stereocenters. The Kier molecular flexibility index (Phi) is 4.58. The Hall–Kier alpha value is -1.07. The molecular weight excluding hydrogens is 212 g/mol. The summed E-state index contributed by atoms with van der Waals surface area (Å²) >= 11 is 0. The first-order chi connectivity index (χ1) is 7.08. The molecule has 0 radical (unpaired) electrons. The fourth-order valence-electron chi connectivity index (χ4n) is 1.27. The number of hydrogen-bond donors (Lipinski definition) is 2. The van der Waals surface area contributed by atoms with Crippen LogP contribution in [0.2, 0.25) is 0 Å². The first kappa shape index (κ1) is 12.0. The Morgan fingerprint density at radius 2 is 2.00 bits per heavy atom. The highest BCUT2D eigenvalue weighted by atomic mass is 32.2. The molecule has 1 aliphatic rings. The summed E-state index contributed by atoms with van der Waals surface area (Å²) in [5, 5.41) is 8.02. The van der Waals surface area contributed by atoms with Gasteiger partial charge in [-0.25, -0.2) is 13.6 Å². The molecule has 0 fully saturated rings. The Morgan fingerprint density at radius 3 is 2.73 bits per heavy atom. The number of nitrogens with one attached hydrogen (secondary N) is 1. The van der Waals surface area contributed by atoms with Gasteiger partial charge in [-0.2, -0.15) is 0 Å². The fraction of sp³-hybridized carbons (Fsp3) is 0.400. The SMILES string of the molecule is NS(=O)(=O)CCCCC1=CC=CC=CN1. The van der Waals surface area contributed by atoms with E-state index in [-0.39, 0.29) is 5.75 Å². The van der Waals surface area contributed by atoms with Crippen molar-refractivity contribution in [2.24, 2.45) is 5.14 Å². The van der Waals surface area contributed by atoms with Crippen molar-refractivity contribution in [2.75, 3.05) is 5.75 Å². The molecule has 15 heavy (non-hydrogen) atoms. The number of primary sulfonamides is 1. The summed E-state index contributed by atoms with van der Waals surface area (Å²) in [5.41, 5.74) is 1.09. The van der Waals surface area contributed by atoms with E-state index in [1.165, 1.54) is 0 Å². The smallest absolute Gasteiger partial charge is 0.209 e. The van der Waals surface area contributed by atoms with E-state index in [1.807, 2.05) is 30.5 Å². The third-order valence-corrected chi connectivity index (χ3v) is 2.87. The molecule has 0 aliphatic carbocycles. The summed E-state index contributed by atoms with van der Waals surface area (Å²) in [6, 6.07) is 0. The van der Waals surface area contributed by atoms with Crippen LogP contribution in [0.1, 0.15) is 19.3 Å². The lowest BCUT2D eigenvalue weighted by Gasteiger charge is -2.05. The summed E-state index contributed by atoms with van der Waals surface area (Å²) < 4.78 is 21.3. The number of unbranched alkanes of at least 4 members (excludes halogenated alkanes) is 1. The highest BCUT2D eigenvalue weighted by Crippen LogP contribution is 2.07. The standard InChI is InChI=1S/C10H16N2O2S/c11-15(13,14)9-5-3-7-10-6-2-1-4-8-12-10/h1-2,4,6,8,12H,3,5,7,9H2,(H2,11,13,14). The van der Waals surface area contributed by atoms with E-state index in [2.05, 4.69) is 5.32 Å². The number of hydrogen-bond acceptors (Lipinski definition) is 3. The molecule has 1 rings (SSSR count). The van der Waals surface area contributed by atoms with Crippen molar-refractivity contribution in [3.05, 3.63) is 36.2 Å². The van der Waals surface area contributed by atoms with Gasteiger partial charge >= 0.3 is 0 Å². The molecule has 3 N–H and O–H groups in total. The van der Waals surface area contributed by atoms with Crippen LogP contribution >= 0.6 is 0 Å². The monoisotopic (exact) mass is 228 g/mol. The molecule has 0 amide bonds. The van der Waals surface area contributed by atoms with Gasteiger partial charge in [0, 0.05) is 11.9 Å². The van der Waals surface area contributed by atoms with E-state index >= 15 is 0 Å². The van der Waals surface area contributed by atoms with E-state index < -0.39 is 10.0 Å². The maximum Gasteiger partial charge on any atom is 0.209 e. The molecule has 84 valence electrons. The van der Waals surface area contributed by atoms with Gasteiger partial charge in [-0.05, 0) is 31.4 Å². The van der Waals surface area contributed by atoms with E-state index in [0.29, 0.717) is 6.42 Å². The molecule has 0 aromatic heterocycles.